The van der Waals surface area contributed by atoms with E-state index in [1.807, 2.05) is 17.0 Å². The maximum atomic E-state index is 12.7. The minimum Gasteiger partial charge on any atom is -0.378 e. The zero-order valence-electron chi connectivity index (χ0n) is 19.3. The lowest BCUT2D eigenvalue weighted by molar-refractivity contribution is -0.137. The molecule has 2 N–H and O–H groups in total. The molecule has 1 aromatic carbocycles. The van der Waals surface area contributed by atoms with E-state index in [1.54, 1.807) is 12.1 Å². The second-order valence-electron chi connectivity index (χ2n) is 9.09. The first-order chi connectivity index (χ1) is 16.1. The summed E-state index contributed by atoms with van der Waals surface area (Å²) >= 11 is 0. The lowest BCUT2D eigenvalue weighted by atomic mass is 10.1. The smallest absolute Gasteiger partial charge is 0.253 e. The molecule has 2 heterocycles. The number of ether oxygens (including phenoxy) is 1. The van der Waals surface area contributed by atoms with E-state index < -0.39 is 0 Å². The Labute approximate surface area is 195 Å². The Morgan fingerprint density at radius 3 is 2.21 bits per heavy atom. The van der Waals surface area contributed by atoms with Gasteiger partial charge < -0.3 is 20.3 Å². The van der Waals surface area contributed by atoms with Crippen molar-refractivity contribution in [2.75, 3.05) is 70.9 Å². The average Bonchev–Trinajstić information content (AvgIpc) is 3.34. The predicted molar refractivity (Wildman–Crippen MR) is 125 cm³/mol. The number of para-hydroxylation sites is 1. The minimum absolute atomic E-state index is 0.128. The van der Waals surface area contributed by atoms with E-state index >= 15 is 0 Å². The Morgan fingerprint density at radius 1 is 0.879 bits per heavy atom. The Balaban J connectivity index is 1.22. The number of hydrogen-bond acceptors (Lipinski definition) is 6. The molecule has 4 rings (SSSR count). The van der Waals surface area contributed by atoms with Crippen LogP contribution in [-0.2, 0) is 14.3 Å². The van der Waals surface area contributed by atoms with Gasteiger partial charge in [0.1, 0.15) is 0 Å². The van der Waals surface area contributed by atoms with Crippen molar-refractivity contribution in [1.29, 1.82) is 0 Å². The standard InChI is InChI=1S/C24H35N5O4/c30-22(26-21-8-4-3-7-20(21)24(32)25-19-5-1-2-6-19)17-27-9-11-28(12-10-27)18-23(31)29-13-15-33-16-14-29/h3-4,7-8,19H,1-2,5-6,9-18H2,(H,25,32)(H,26,30). The molecule has 0 unspecified atom stereocenters. The third-order valence-electron chi connectivity index (χ3n) is 6.69. The van der Waals surface area contributed by atoms with Gasteiger partial charge in [0.25, 0.3) is 5.91 Å². The van der Waals surface area contributed by atoms with Gasteiger partial charge in [-0.2, -0.15) is 0 Å². The zero-order chi connectivity index (χ0) is 23.0. The predicted octanol–water partition coefficient (Wildman–Crippen LogP) is 0.774. The van der Waals surface area contributed by atoms with Crippen molar-refractivity contribution < 1.29 is 19.1 Å². The van der Waals surface area contributed by atoms with Crippen molar-refractivity contribution in [3.8, 4) is 0 Å². The highest BCUT2D eigenvalue weighted by Gasteiger charge is 2.24. The van der Waals surface area contributed by atoms with E-state index in [2.05, 4.69) is 20.4 Å². The number of piperazine rings is 1. The molecule has 9 nitrogen and oxygen atoms in total. The van der Waals surface area contributed by atoms with Crippen LogP contribution in [0, 0.1) is 0 Å². The van der Waals surface area contributed by atoms with Crippen LogP contribution in [0.4, 0.5) is 5.69 Å². The largest absolute Gasteiger partial charge is 0.378 e. The van der Waals surface area contributed by atoms with Crippen molar-refractivity contribution in [1.82, 2.24) is 20.0 Å². The second kappa shape index (κ2) is 11.6. The minimum atomic E-state index is -0.131. The van der Waals surface area contributed by atoms with Crippen LogP contribution in [-0.4, -0.2) is 104 Å². The molecule has 3 amide bonds. The van der Waals surface area contributed by atoms with Gasteiger partial charge in [-0.3, -0.25) is 24.2 Å². The number of carbonyl (C=O) groups excluding carboxylic acids is 3. The number of nitrogens with one attached hydrogen (secondary N) is 2. The maximum Gasteiger partial charge on any atom is 0.253 e. The van der Waals surface area contributed by atoms with Crippen molar-refractivity contribution in [3.05, 3.63) is 29.8 Å². The highest BCUT2D eigenvalue weighted by atomic mass is 16.5. The second-order valence-corrected chi connectivity index (χ2v) is 9.09. The van der Waals surface area contributed by atoms with Crippen molar-refractivity contribution in [3.63, 3.8) is 0 Å². The molecule has 1 aliphatic carbocycles. The van der Waals surface area contributed by atoms with Gasteiger partial charge >= 0.3 is 0 Å². The zero-order valence-corrected chi connectivity index (χ0v) is 19.3. The molecule has 3 fully saturated rings. The summed E-state index contributed by atoms with van der Waals surface area (Å²) in [5.41, 5.74) is 1.05. The molecule has 0 aromatic heterocycles. The monoisotopic (exact) mass is 457 g/mol. The van der Waals surface area contributed by atoms with Gasteiger partial charge in [-0.1, -0.05) is 25.0 Å². The summed E-state index contributed by atoms with van der Waals surface area (Å²) in [5, 5.41) is 6.01. The molecule has 1 aromatic rings. The molecule has 1 saturated carbocycles. The third-order valence-corrected chi connectivity index (χ3v) is 6.69. The first-order valence-electron chi connectivity index (χ1n) is 12.1. The van der Waals surface area contributed by atoms with Crippen molar-refractivity contribution >= 4 is 23.4 Å². The number of morpholine rings is 1. The van der Waals surface area contributed by atoms with Crippen LogP contribution < -0.4 is 10.6 Å². The number of benzene rings is 1. The topological polar surface area (TPSA) is 94.2 Å². The summed E-state index contributed by atoms with van der Waals surface area (Å²) < 4.78 is 5.31. The molecule has 33 heavy (non-hydrogen) atoms. The molecule has 0 spiro atoms. The van der Waals surface area contributed by atoms with E-state index in [0.29, 0.717) is 44.1 Å². The summed E-state index contributed by atoms with van der Waals surface area (Å²) in [6.45, 7) is 6.21. The van der Waals surface area contributed by atoms with Crippen molar-refractivity contribution in [2.24, 2.45) is 0 Å². The summed E-state index contributed by atoms with van der Waals surface area (Å²) in [7, 11) is 0. The van der Waals surface area contributed by atoms with Crippen molar-refractivity contribution in [2.45, 2.75) is 31.7 Å². The van der Waals surface area contributed by atoms with Gasteiger partial charge in [0.15, 0.2) is 0 Å². The van der Waals surface area contributed by atoms with Gasteiger partial charge in [-0.05, 0) is 25.0 Å². The van der Waals surface area contributed by atoms with Gasteiger partial charge in [0.2, 0.25) is 11.8 Å². The van der Waals surface area contributed by atoms with Crippen LogP contribution in [0.3, 0.4) is 0 Å². The molecule has 0 atom stereocenters. The van der Waals surface area contributed by atoms with Crippen LogP contribution in [0.5, 0.6) is 0 Å². The first-order valence-corrected chi connectivity index (χ1v) is 12.1. The normalized spacial score (nSPS) is 20.5. The number of anilines is 1. The summed E-state index contributed by atoms with van der Waals surface area (Å²) in [5.74, 6) is -0.109. The van der Waals surface area contributed by atoms with Gasteiger partial charge in [0.05, 0.1) is 37.6 Å². The Hall–Kier alpha value is -2.49. The van der Waals surface area contributed by atoms with Crippen LogP contribution >= 0.6 is 0 Å². The highest BCUT2D eigenvalue weighted by Crippen LogP contribution is 2.20. The molecule has 2 aliphatic heterocycles. The van der Waals surface area contributed by atoms with Gasteiger partial charge in [-0.25, -0.2) is 0 Å². The number of amides is 3. The average molecular weight is 458 g/mol. The van der Waals surface area contributed by atoms with E-state index in [-0.39, 0.29) is 30.3 Å². The van der Waals surface area contributed by atoms with E-state index in [9.17, 15) is 14.4 Å². The molecule has 0 radical (unpaired) electrons. The fourth-order valence-electron chi connectivity index (χ4n) is 4.73. The van der Waals surface area contributed by atoms with Crippen LogP contribution in [0.15, 0.2) is 24.3 Å². The number of nitrogens with zero attached hydrogens (tertiary/aromatic N) is 3. The summed E-state index contributed by atoms with van der Waals surface area (Å²) in [4.78, 5) is 44.0. The Bertz CT molecular complexity index is 828. The fourth-order valence-corrected chi connectivity index (χ4v) is 4.73. The number of carbonyl (C=O) groups is 3. The molecule has 9 heteroatoms. The van der Waals surface area contributed by atoms with E-state index in [4.69, 9.17) is 4.74 Å². The van der Waals surface area contributed by atoms with E-state index in [1.165, 1.54) is 0 Å². The molecular weight excluding hydrogens is 422 g/mol. The lowest BCUT2D eigenvalue weighted by Gasteiger charge is -2.35. The Morgan fingerprint density at radius 2 is 1.52 bits per heavy atom. The summed E-state index contributed by atoms with van der Waals surface area (Å²) in [6, 6.07) is 7.40. The summed E-state index contributed by atoms with van der Waals surface area (Å²) in [6.07, 6.45) is 4.34. The number of hydrogen-bond donors (Lipinski definition) is 2. The third kappa shape index (κ3) is 6.75. The Kier molecular flexibility index (Phi) is 8.30. The quantitative estimate of drug-likeness (QED) is 0.628. The maximum absolute atomic E-state index is 12.7. The molecule has 2 saturated heterocycles. The molecule has 180 valence electrons. The van der Waals surface area contributed by atoms with Gasteiger partial charge in [0, 0.05) is 45.3 Å². The van der Waals surface area contributed by atoms with Gasteiger partial charge in [-0.15, -0.1) is 0 Å². The van der Waals surface area contributed by atoms with Crippen LogP contribution in [0.1, 0.15) is 36.0 Å². The first kappa shape index (κ1) is 23.7. The van der Waals surface area contributed by atoms with Crippen LogP contribution in [0.2, 0.25) is 0 Å². The molecule has 0 bridgehead atoms. The lowest BCUT2D eigenvalue weighted by Crippen LogP contribution is -2.52. The van der Waals surface area contributed by atoms with Crippen LogP contribution in [0.25, 0.3) is 0 Å². The highest BCUT2D eigenvalue weighted by molar-refractivity contribution is 6.04. The number of rotatable bonds is 7. The molecule has 3 aliphatic rings. The molecular formula is C24H35N5O4. The fraction of sp³-hybridized carbons (Fsp3) is 0.625. The SMILES string of the molecule is O=C(CN1CCN(CC(=O)N2CCOCC2)CC1)Nc1ccccc1C(=O)NC1CCCC1. The van der Waals surface area contributed by atoms with E-state index in [0.717, 1.165) is 51.9 Å².